The van der Waals surface area contributed by atoms with Crippen molar-refractivity contribution in [3.8, 4) is 0 Å². The van der Waals surface area contributed by atoms with Crippen LogP contribution in [0, 0.1) is 5.92 Å². The van der Waals surface area contributed by atoms with Gasteiger partial charge in [0, 0.05) is 20.1 Å². The molecule has 0 bridgehead atoms. The molecule has 0 spiro atoms. The number of nitrogens with zero attached hydrogens (tertiary/aromatic N) is 3. The Hall–Kier alpha value is -1.16. The molecule has 1 rings (SSSR count). The van der Waals surface area contributed by atoms with Crippen LogP contribution in [0.1, 0.15) is 32.9 Å². The molecule has 0 saturated heterocycles. The van der Waals surface area contributed by atoms with E-state index in [1.807, 2.05) is 12.1 Å². The average molecular weight is 236 g/mol. The van der Waals surface area contributed by atoms with Crippen molar-refractivity contribution in [1.82, 2.24) is 15.5 Å². The van der Waals surface area contributed by atoms with E-state index in [1.165, 1.54) is 0 Å². The van der Waals surface area contributed by atoms with Crippen LogP contribution in [-0.4, -0.2) is 30.3 Å². The molecule has 0 aliphatic heterocycles. The Kier molecular flexibility index (Phi) is 5.91. The van der Waals surface area contributed by atoms with E-state index in [0.717, 1.165) is 37.6 Å². The molecule has 4 nitrogen and oxygen atoms in total. The molecule has 4 heteroatoms. The molecule has 1 aromatic rings. The Morgan fingerprint density at radius 3 is 2.59 bits per heavy atom. The van der Waals surface area contributed by atoms with E-state index in [-0.39, 0.29) is 0 Å². The zero-order valence-electron chi connectivity index (χ0n) is 11.4. The van der Waals surface area contributed by atoms with E-state index in [9.17, 15) is 0 Å². The van der Waals surface area contributed by atoms with E-state index in [4.69, 9.17) is 0 Å². The largest absolute Gasteiger partial charge is 0.358 e. The summed E-state index contributed by atoms with van der Waals surface area (Å²) in [7, 11) is 2.05. The number of hydrogen-bond donors (Lipinski definition) is 1. The minimum absolute atomic E-state index is 0.632. The summed E-state index contributed by atoms with van der Waals surface area (Å²) in [5.74, 6) is 1.57. The normalized spacial score (nSPS) is 10.9. The highest BCUT2D eigenvalue weighted by atomic mass is 15.2. The van der Waals surface area contributed by atoms with Gasteiger partial charge >= 0.3 is 0 Å². The molecule has 0 aliphatic rings. The lowest BCUT2D eigenvalue weighted by Gasteiger charge is -2.19. The Morgan fingerprint density at radius 1 is 1.29 bits per heavy atom. The van der Waals surface area contributed by atoms with Crippen LogP contribution in [0.5, 0.6) is 0 Å². The molecule has 0 fully saturated rings. The molecular formula is C13H24N4. The predicted molar refractivity (Wildman–Crippen MR) is 72.1 cm³/mol. The molecule has 0 aromatic carbocycles. The molecule has 1 aromatic heterocycles. The van der Waals surface area contributed by atoms with Gasteiger partial charge in [-0.25, -0.2) is 0 Å². The second-order valence-corrected chi connectivity index (χ2v) is 4.83. The smallest absolute Gasteiger partial charge is 0.150 e. The summed E-state index contributed by atoms with van der Waals surface area (Å²) in [6, 6.07) is 4.08. The molecule has 0 amide bonds. The lowest BCUT2D eigenvalue weighted by molar-refractivity contribution is 0.627. The molecule has 0 radical (unpaired) electrons. The zero-order valence-corrected chi connectivity index (χ0v) is 11.4. The second-order valence-electron chi connectivity index (χ2n) is 4.83. The third kappa shape index (κ3) is 5.13. The van der Waals surface area contributed by atoms with Crippen molar-refractivity contribution in [2.45, 2.75) is 33.7 Å². The van der Waals surface area contributed by atoms with Crippen LogP contribution in [0.2, 0.25) is 0 Å². The Balaban J connectivity index is 2.49. The Morgan fingerprint density at radius 2 is 2.06 bits per heavy atom. The first-order chi connectivity index (χ1) is 8.13. The van der Waals surface area contributed by atoms with Gasteiger partial charge in [0.05, 0.1) is 5.69 Å². The maximum Gasteiger partial charge on any atom is 0.150 e. The first kappa shape index (κ1) is 13.9. The SMILES string of the molecule is CCCNCc1ccc(N(C)CC(C)C)nn1. The number of nitrogens with one attached hydrogen (secondary N) is 1. The predicted octanol–water partition coefficient (Wildman–Crippen LogP) is 2.07. The summed E-state index contributed by atoms with van der Waals surface area (Å²) in [5.41, 5.74) is 1.00. The topological polar surface area (TPSA) is 41.0 Å². The van der Waals surface area contributed by atoms with Gasteiger partial charge < -0.3 is 10.2 Å². The maximum absolute atomic E-state index is 4.25. The molecule has 0 aliphatic carbocycles. The van der Waals surface area contributed by atoms with Crippen LogP contribution in [0.15, 0.2) is 12.1 Å². The van der Waals surface area contributed by atoms with Crippen LogP contribution < -0.4 is 10.2 Å². The van der Waals surface area contributed by atoms with Gasteiger partial charge in [-0.2, -0.15) is 5.10 Å². The average Bonchev–Trinajstić information content (AvgIpc) is 2.29. The summed E-state index contributed by atoms with van der Waals surface area (Å²) >= 11 is 0. The monoisotopic (exact) mass is 236 g/mol. The van der Waals surface area contributed by atoms with Crippen molar-refractivity contribution in [1.29, 1.82) is 0 Å². The molecule has 1 heterocycles. The minimum Gasteiger partial charge on any atom is -0.358 e. The zero-order chi connectivity index (χ0) is 12.7. The van der Waals surface area contributed by atoms with Crippen LogP contribution in [0.3, 0.4) is 0 Å². The summed E-state index contributed by atoms with van der Waals surface area (Å²) in [6.45, 7) is 9.39. The van der Waals surface area contributed by atoms with Crippen molar-refractivity contribution < 1.29 is 0 Å². The standard InChI is InChI=1S/C13H24N4/c1-5-8-14-9-12-6-7-13(16-15-12)17(4)10-11(2)3/h6-7,11,14H,5,8-10H2,1-4H3. The molecule has 1 N–H and O–H groups in total. The highest BCUT2D eigenvalue weighted by Gasteiger charge is 2.05. The van der Waals surface area contributed by atoms with Crippen molar-refractivity contribution in [2.75, 3.05) is 25.0 Å². The maximum atomic E-state index is 4.25. The lowest BCUT2D eigenvalue weighted by Crippen LogP contribution is -2.24. The minimum atomic E-state index is 0.632. The third-order valence-electron chi connectivity index (χ3n) is 2.47. The van der Waals surface area contributed by atoms with E-state index < -0.39 is 0 Å². The number of aromatic nitrogens is 2. The molecular weight excluding hydrogens is 212 g/mol. The van der Waals surface area contributed by atoms with Crippen LogP contribution in [-0.2, 0) is 6.54 Å². The first-order valence-corrected chi connectivity index (χ1v) is 6.38. The van der Waals surface area contributed by atoms with Crippen LogP contribution in [0.25, 0.3) is 0 Å². The quantitative estimate of drug-likeness (QED) is 0.736. The first-order valence-electron chi connectivity index (χ1n) is 6.38. The second kappa shape index (κ2) is 7.22. The van der Waals surface area contributed by atoms with E-state index in [1.54, 1.807) is 0 Å². The fraction of sp³-hybridized carbons (Fsp3) is 0.692. The van der Waals surface area contributed by atoms with Crippen molar-refractivity contribution in [3.63, 3.8) is 0 Å². The van der Waals surface area contributed by atoms with Crippen LogP contribution >= 0.6 is 0 Å². The lowest BCUT2D eigenvalue weighted by atomic mass is 10.2. The summed E-state index contributed by atoms with van der Waals surface area (Å²) in [5, 5.41) is 11.8. The van der Waals surface area contributed by atoms with Gasteiger partial charge in [-0.05, 0) is 31.0 Å². The third-order valence-corrected chi connectivity index (χ3v) is 2.47. The highest BCUT2D eigenvalue weighted by molar-refractivity contribution is 5.35. The molecule has 0 unspecified atom stereocenters. The summed E-state index contributed by atoms with van der Waals surface area (Å²) in [6.07, 6.45) is 1.14. The molecule has 0 atom stereocenters. The van der Waals surface area contributed by atoms with Gasteiger partial charge in [0.15, 0.2) is 5.82 Å². The van der Waals surface area contributed by atoms with E-state index in [2.05, 4.69) is 48.2 Å². The summed E-state index contributed by atoms with van der Waals surface area (Å²) in [4.78, 5) is 2.14. The number of hydrogen-bond acceptors (Lipinski definition) is 4. The van der Waals surface area contributed by atoms with Gasteiger partial charge in [-0.1, -0.05) is 20.8 Å². The molecule has 96 valence electrons. The fourth-order valence-electron chi connectivity index (χ4n) is 1.69. The Bertz CT molecular complexity index is 308. The van der Waals surface area contributed by atoms with Gasteiger partial charge in [-0.3, -0.25) is 0 Å². The summed E-state index contributed by atoms with van der Waals surface area (Å²) < 4.78 is 0. The van der Waals surface area contributed by atoms with Gasteiger partial charge in [0.2, 0.25) is 0 Å². The van der Waals surface area contributed by atoms with Gasteiger partial charge in [0.25, 0.3) is 0 Å². The van der Waals surface area contributed by atoms with Crippen molar-refractivity contribution in [2.24, 2.45) is 5.92 Å². The van der Waals surface area contributed by atoms with Crippen molar-refractivity contribution in [3.05, 3.63) is 17.8 Å². The highest BCUT2D eigenvalue weighted by Crippen LogP contribution is 2.09. The Labute approximate surface area is 104 Å². The van der Waals surface area contributed by atoms with E-state index >= 15 is 0 Å². The van der Waals surface area contributed by atoms with Crippen molar-refractivity contribution >= 4 is 5.82 Å². The number of rotatable bonds is 7. The van der Waals surface area contributed by atoms with Gasteiger partial charge in [-0.15, -0.1) is 5.10 Å². The molecule has 0 saturated carbocycles. The molecule has 17 heavy (non-hydrogen) atoms. The van der Waals surface area contributed by atoms with Crippen LogP contribution in [0.4, 0.5) is 5.82 Å². The van der Waals surface area contributed by atoms with E-state index in [0.29, 0.717) is 5.92 Å². The van der Waals surface area contributed by atoms with Gasteiger partial charge in [0.1, 0.15) is 0 Å². The number of anilines is 1. The fourth-order valence-corrected chi connectivity index (χ4v) is 1.69.